The van der Waals surface area contributed by atoms with Gasteiger partial charge in [0, 0.05) is 43.7 Å². The van der Waals surface area contributed by atoms with Crippen molar-refractivity contribution in [3.05, 3.63) is 36.1 Å². The first-order chi connectivity index (χ1) is 16.7. The molecule has 182 valence electrons. The molecule has 7 nitrogen and oxygen atoms in total. The lowest BCUT2D eigenvalue weighted by Gasteiger charge is -2.54. The van der Waals surface area contributed by atoms with Crippen molar-refractivity contribution in [2.45, 2.75) is 47.9 Å². The highest BCUT2D eigenvalue weighted by molar-refractivity contribution is 7.99. The van der Waals surface area contributed by atoms with Gasteiger partial charge in [-0.3, -0.25) is 9.69 Å². The average Bonchev–Trinajstić information content (AvgIpc) is 3.24. The maximum atomic E-state index is 13.5. The van der Waals surface area contributed by atoms with Crippen LogP contribution in [-0.2, 0) is 0 Å². The van der Waals surface area contributed by atoms with E-state index >= 15 is 0 Å². The summed E-state index contributed by atoms with van der Waals surface area (Å²) in [6, 6.07) is 10.3. The number of rotatable bonds is 8. The number of hydrogen-bond donors (Lipinski definition) is 2. The van der Waals surface area contributed by atoms with Crippen LogP contribution in [0.2, 0.25) is 0 Å². The van der Waals surface area contributed by atoms with Crippen LogP contribution < -0.4 is 15.4 Å². The topological polar surface area (TPSA) is 79.6 Å². The Balaban J connectivity index is 1.17. The van der Waals surface area contributed by atoms with Crippen LogP contribution in [0.25, 0.3) is 0 Å². The van der Waals surface area contributed by atoms with E-state index in [1.807, 2.05) is 30.3 Å². The first-order valence-corrected chi connectivity index (χ1v) is 13.6. The minimum Gasteiger partial charge on any atom is -0.473 e. The summed E-state index contributed by atoms with van der Waals surface area (Å²) in [6.07, 6.45) is 6.46. The Kier molecular flexibility index (Phi) is 6.54. The molecule has 1 saturated heterocycles. The van der Waals surface area contributed by atoms with Crippen LogP contribution in [0.15, 0.2) is 44.6 Å². The summed E-state index contributed by atoms with van der Waals surface area (Å²) in [7, 11) is 0. The Hall–Kier alpha value is -2.03. The van der Waals surface area contributed by atoms with Gasteiger partial charge in [-0.1, -0.05) is 30.0 Å². The highest BCUT2D eigenvalue weighted by atomic mass is 32.2. The van der Waals surface area contributed by atoms with Crippen molar-refractivity contribution in [3.8, 4) is 5.88 Å². The Morgan fingerprint density at radius 2 is 1.79 bits per heavy atom. The summed E-state index contributed by atoms with van der Waals surface area (Å²) in [5, 5.41) is 10.9. The predicted octanol–water partition coefficient (Wildman–Crippen LogP) is 3.66. The molecule has 7 rings (SSSR count). The minimum absolute atomic E-state index is 0.152. The van der Waals surface area contributed by atoms with Gasteiger partial charge in [-0.05, 0) is 73.1 Å². The Bertz CT molecular complexity index is 963. The largest absolute Gasteiger partial charge is 0.473 e. The molecule has 0 radical (unpaired) electrons. The molecule has 8 heteroatoms. The van der Waals surface area contributed by atoms with Crippen LogP contribution in [0.5, 0.6) is 5.88 Å². The van der Waals surface area contributed by atoms with Gasteiger partial charge in [0.25, 0.3) is 11.8 Å². The van der Waals surface area contributed by atoms with Crippen LogP contribution in [0, 0.1) is 23.7 Å². The molecule has 0 unspecified atom stereocenters. The van der Waals surface area contributed by atoms with E-state index in [1.54, 1.807) is 0 Å². The number of piperazine rings is 1. The van der Waals surface area contributed by atoms with Crippen LogP contribution >= 0.6 is 11.8 Å². The molecular weight excluding hydrogens is 448 g/mol. The molecule has 5 aliphatic rings. The minimum atomic E-state index is -0.152. The van der Waals surface area contributed by atoms with E-state index < -0.39 is 0 Å². The second kappa shape index (κ2) is 9.91. The highest BCUT2D eigenvalue weighted by Gasteiger charge is 2.49. The molecule has 4 aliphatic carbocycles. The van der Waals surface area contributed by atoms with Crippen molar-refractivity contribution in [2.24, 2.45) is 23.7 Å². The highest BCUT2D eigenvalue weighted by Crippen LogP contribution is 2.53. The quantitative estimate of drug-likeness (QED) is 0.594. The standard InChI is InChI=1S/C26H34N4O3S/c31-25(28-22-19-13-17-12-18(15-19)16-20(22)14-17)23-24(34-21-4-2-1-3-5-21)26(29-33-23)32-11-10-30-8-6-27-7-9-30/h1-5,17-20,22,27H,6-16H2,(H,28,31). The Morgan fingerprint density at radius 3 is 2.50 bits per heavy atom. The van der Waals surface area contributed by atoms with E-state index in [1.165, 1.54) is 43.9 Å². The first-order valence-electron chi connectivity index (χ1n) is 12.8. The lowest BCUT2D eigenvalue weighted by molar-refractivity contribution is -0.0124. The van der Waals surface area contributed by atoms with Crippen molar-refractivity contribution in [1.82, 2.24) is 20.7 Å². The number of carbonyl (C=O) groups is 1. The number of amides is 1. The maximum Gasteiger partial charge on any atom is 0.291 e. The third-order valence-corrected chi connectivity index (χ3v) is 9.24. The molecule has 2 heterocycles. The zero-order valence-electron chi connectivity index (χ0n) is 19.6. The third kappa shape index (κ3) is 4.72. The zero-order chi connectivity index (χ0) is 22.9. The molecular formula is C26H34N4O3S. The van der Waals surface area contributed by atoms with Gasteiger partial charge < -0.3 is 19.9 Å². The van der Waals surface area contributed by atoms with E-state index in [4.69, 9.17) is 9.26 Å². The van der Waals surface area contributed by atoms with E-state index in [0.29, 0.717) is 29.2 Å². The van der Waals surface area contributed by atoms with E-state index in [0.717, 1.165) is 49.5 Å². The monoisotopic (exact) mass is 482 g/mol. The molecule has 1 aromatic carbocycles. The predicted molar refractivity (Wildman–Crippen MR) is 130 cm³/mol. The van der Waals surface area contributed by atoms with E-state index in [9.17, 15) is 4.79 Å². The van der Waals surface area contributed by atoms with Crippen molar-refractivity contribution in [1.29, 1.82) is 0 Å². The smallest absolute Gasteiger partial charge is 0.291 e. The second-order valence-corrected chi connectivity index (χ2v) is 11.5. The van der Waals surface area contributed by atoms with Gasteiger partial charge in [0.1, 0.15) is 11.5 Å². The van der Waals surface area contributed by atoms with E-state index in [-0.39, 0.29) is 17.7 Å². The first kappa shape index (κ1) is 22.4. The fourth-order valence-electron chi connectivity index (χ4n) is 6.78. The fraction of sp³-hybridized carbons (Fsp3) is 0.615. The van der Waals surface area contributed by atoms with Gasteiger partial charge in [-0.2, -0.15) is 0 Å². The molecule has 5 fully saturated rings. The molecule has 0 atom stereocenters. The molecule has 2 aromatic rings. The Morgan fingerprint density at radius 1 is 1.09 bits per heavy atom. The number of aromatic nitrogens is 1. The molecule has 4 saturated carbocycles. The lowest BCUT2D eigenvalue weighted by atomic mass is 9.54. The van der Waals surface area contributed by atoms with Crippen molar-refractivity contribution in [2.75, 3.05) is 39.3 Å². The average molecular weight is 483 g/mol. The SMILES string of the molecule is O=C(NC1C2CC3CC(C2)CC1C3)c1onc(OCCN2CCNCC2)c1Sc1ccccc1. The summed E-state index contributed by atoms with van der Waals surface area (Å²) in [6.45, 7) is 5.41. The summed E-state index contributed by atoms with van der Waals surface area (Å²) in [5.41, 5.74) is 0. The van der Waals surface area contributed by atoms with Crippen LogP contribution in [0.1, 0.15) is 42.7 Å². The molecule has 2 N–H and O–H groups in total. The summed E-state index contributed by atoms with van der Waals surface area (Å²) >= 11 is 1.49. The zero-order valence-corrected chi connectivity index (χ0v) is 20.4. The fourth-order valence-corrected chi connectivity index (χ4v) is 7.72. The molecule has 1 aliphatic heterocycles. The van der Waals surface area contributed by atoms with Crippen molar-refractivity contribution < 1.29 is 14.1 Å². The number of nitrogens with zero attached hydrogens (tertiary/aromatic N) is 2. The second-order valence-electron chi connectivity index (χ2n) is 10.4. The lowest BCUT2D eigenvalue weighted by Crippen LogP contribution is -2.55. The molecule has 4 bridgehead atoms. The summed E-state index contributed by atoms with van der Waals surface area (Å²) in [5.74, 6) is 3.52. The number of hydrogen-bond acceptors (Lipinski definition) is 7. The molecule has 34 heavy (non-hydrogen) atoms. The Labute approximate surface area is 205 Å². The van der Waals surface area contributed by atoms with Gasteiger partial charge in [0.15, 0.2) is 0 Å². The van der Waals surface area contributed by atoms with Crippen molar-refractivity contribution in [3.63, 3.8) is 0 Å². The summed E-state index contributed by atoms with van der Waals surface area (Å²) < 4.78 is 11.7. The molecule has 1 amide bonds. The van der Waals surface area contributed by atoms with Crippen LogP contribution in [0.3, 0.4) is 0 Å². The van der Waals surface area contributed by atoms with Crippen LogP contribution in [0.4, 0.5) is 0 Å². The normalized spacial score (nSPS) is 30.4. The van der Waals surface area contributed by atoms with Gasteiger partial charge in [-0.15, -0.1) is 0 Å². The third-order valence-electron chi connectivity index (χ3n) is 8.17. The van der Waals surface area contributed by atoms with Gasteiger partial charge in [-0.25, -0.2) is 0 Å². The number of ether oxygens (including phenoxy) is 1. The van der Waals surface area contributed by atoms with Gasteiger partial charge in [0.2, 0.25) is 5.76 Å². The van der Waals surface area contributed by atoms with Gasteiger partial charge in [0.05, 0.1) is 0 Å². The summed E-state index contributed by atoms with van der Waals surface area (Å²) in [4.78, 5) is 17.5. The number of benzene rings is 1. The van der Waals surface area contributed by atoms with Crippen LogP contribution in [-0.4, -0.2) is 61.3 Å². The van der Waals surface area contributed by atoms with E-state index in [2.05, 4.69) is 20.7 Å². The number of carbonyl (C=O) groups excluding carboxylic acids is 1. The van der Waals surface area contributed by atoms with Gasteiger partial charge >= 0.3 is 0 Å². The maximum absolute atomic E-state index is 13.5. The van der Waals surface area contributed by atoms with Crippen molar-refractivity contribution >= 4 is 17.7 Å². The molecule has 1 aromatic heterocycles. The number of nitrogens with one attached hydrogen (secondary N) is 2. The molecule has 0 spiro atoms.